The number of hydrogen-bond acceptors (Lipinski definition) is 3. The summed E-state index contributed by atoms with van der Waals surface area (Å²) in [6.07, 6.45) is 6.13. The minimum atomic E-state index is -0.0799. The lowest BCUT2D eigenvalue weighted by Gasteiger charge is -2.30. The molecular formula is C18H28N2O2. The number of ether oxygens (including phenoxy) is 1. The van der Waals surface area contributed by atoms with Gasteiger partial charge < -0.3 is 15.8 Å². The molecule has 3 N–H and O–H groups in total. The highest BCUT2D eigenvalue weighted by molar-refractivity contribution is 5.78. The number of hydrogen-bond donors (Lipinski definition) is 2. The topological polar surface area (TPSA) is 64.3 Å². The Bertz CT molecular complexity index is 476. The fourth-order valence-electron chi connectivity index (χ4n) is 3.32. The largest absolute Gasteiger partial charge is 0.483 e. The molecule has 1 saturated carbocycles. The predicted molar refractivity (Wildman–Crippen MR) is 89.0 cm³/mol. The third-order valence-electron chi connectivity index (χ3n) is 4.58. The molecule has 1 aliphatic carbocycles. The molecule has 4 nitrogen and oxygen atoms in total. The van der Waals surface area contributed by atoms with Crippen molar-refractivity contribution in [1.82, 2.24) is 5.32 Å². The second-order valence-corrected chi connectivity index (χ2v) is 6.32. The van der Waals surface area contributed by atoms with Crippen molar-refractivity contribution in [2.75, 3.05) is 13.2 Å². The number of para-hydroxylation sites is 1. The van der Waals surface area contributed by atoms with Crippen LogP contribution in [0.25, 0.3) is 0 Å². The van der Waals surface area contributed by atoms with Crippen LogP contribution in [0.3, 0.4) is 0 Å². The number of amides is 1. The normalized spacial score (nSPS) is 17.0. The third kappa shape index (κ3) is 4.47. The molecule has 0 saturated heterocycles. The van der Waals surface area contributed by atoms with E-state index in [1.165, 1.54) is 32.1 Å². The van der Waals surface area contributed by atoms with Gasteiger partial charge in [-0.15, -0.1) is 0 Å². The van der Waals surface area contributed by atoms with E-state index in [0.717, 1.165) is 16.9 Å². The van der Waals surface area contributed by atoms with Crippen LogP contribution in [0.5, 0.6) is 5.75 Å². The quantitative estimate of drug-likeness (QED) is 0.849. The van der Waals surface area contributed by atoms with Crippen molar-refractivity contribution in [1.29, 1.82) is 0 Å². The number of nitrogens with one attached hydrogen (secondary N) is 1. The summed E-state index contributed by atoms with van der Waals surface area (Å²) < 4.78 is 5.71. The minimum absolute atomic E-state index is 0.0505. The molecule has 22 heavy (non-hydrogen) atoms. The fourth-order valence-corrected chi connectivity index (χ4v) is 3.32. The number of aryl methyl sites for hydroxylation is 2. The Morgan fingerprint density at radius 2 is 1.91 bits per heavy atom. The van der Waals surface area contributed by atoms with E-state index in [9.17, 15) is 4.79 Å². The van der Waals surface area contributed by atoms with Gasteiger partial charge in [-0.3, -0.25) is 4.79 Å². The maximum absolute atomic E-state index is 12.2. The van der Waals surface area contributed by atoms with Gasteiger partial charge in [0.25, 0.3) is 5.91 Å². The maximum Gasteiger partial charge on any atom is 0.258 e. The first kappa shape index (κ1) is 16.8. The Balaban J connectivity index is 1.86. The number of nitrogens with two attached hydrogens (primary N) is 1. The van der Waals surface area contributed by atoms with E-state index in [0.29, 0.717) is 12.5 Å². The second kappa shape index (κ2) is 8.18. The van der Waals surface area contributed by atoms with Crippen molar-refractivity contribution >= 4 is 5.91 Å². The lowest BCUT2D eigenvalue weighted by Crippen LogP contribution is -2.47. The van der Waals surface area contributed by atoms with Crippen LogP contribution in [-0.2, 0) is 4.79 Å². The first-order valence-corrected chi connectivity index (χ1v) is 8.30. The van der Waals surface area contributed by atoms with Crippen molar-refractivity contribution in [3.63, 3.8) is 0 Å². The van der Waals surface area contributed by atoms with Gasteiger partial charge in [-0.25, -0.2) is 0 Å². The minimum Gasteiger partial charge on any atom is -0.483 e. The number of carbonyl (C=O) groups excluding carboxylic acids is 1. The average Bonchev–Trinajstić information content (AvgIpc) is 2.53. The Hall–Kier alpha value is -1.55. The van der Waals surface area contributed by atoms with Gasteiger partial charge in [0.1, 0.15) is 5.75 Å². The van der Waals surface area contributed by atoms with Crippen LogP contribution in [0.4, 0.5) is 0 Å². The summed E-state index contributed by atoms with van der Waals surface area (Å²) in [6.45, 7) is 4.53. The van der Waals surface area contributed by atoms with Crippen LogP contribution < -0.4 is 15.8 Å². The van der Waals surface area contributed by atoms with Crippen LogP contribution in [0.15, 0.2) is 18.2 Å². The van der Waals surface area contributed by atoms with Gasteiger partial charge in [0.05, 0.1) is 0 Å². The second-order valence-electron chi connectivity index (χ2n) is 6.32. The summed E-state index contributed by atoms with van der Waals surface area (Å²) >= 11 is 0. The third-order valence-corrected chi connectivity index (χ3v) is 4.58. The predicted octanol–water partition coefficient (Wildman–Crippen LogP) is 2.71. The Morgan fingerprint density at radius 3 is 2.50 bits per heavy atom. The standard InChI is InChI=1S/C18H28N2O2/c1-13-7-6-8-14(2)18(13)22-12-17(21)20-16(11-19)15-9-4-3-5-10-15/h6-8,15-16H,3-5,9-12,19H2,1-2H3,(H,20,21). The van der Waals surface area contributed by atoms with Gasteiger partial charge in [0.2, 0.25) is 0 Å². The zero-order valence-corrected chi connectivity index (χ0v) is 13.7. The first-order chi connectivity index (χ1) is 10.6. The fraction of sp³-hybridized carbons (Fsp3) is 0.611. The molecule has 0 spiro atoms. The number of rotatable bonds is 6. The van der Waals surface area contributed by atoms with E-state index in [2.05, 4.69) is 5.32 Å². The molecule has 0 bridgehead atoms. The zero-order chi connectivity index (χ0) is 15.9. The summed E-state index contributed by atoms with van der Waals surface area (Å²) in [5.41, 5.74) is 7.95. The molecule has 4 heteroatoms. The molecule has 0 radical (unpaired) electrons. The summed E-state index contributed by atoms with van der Waals surface area (Å²) in [6, 6.07) is 6.05. The molecule has 1 amide bonds. The smallest absolute Gasteiger partial charge is 0.258 e. The van der Waals surface area contributed by atoms with E-state index in [1.807, 2.05) is 32.0 Å². The Morgan fingerprint density at radius 1 is 1.27 bits per heavy atom. The number of carbonyl (C=O) groups is 1. The van der Waals surface area contributed by atoms with E-state index in [-0.39, 0.29) is 18.6 Å². The van der Waals surface area contributed by atoms with E-state index >= 15 is 0 Å². The summed E-state index contributed by atoms with van der Waals surface area (Å²) in [5.74, 6) is 1.24. The Labute approximate surface area is 133 Å². The molecule has 1 aliphatic rings. The van der Waals surface area contributed by atoms with Crippen LogP contribution in [0.1, 0.15) is 43.2 Å². The van der Waals surface area contributed by atoms with Crippen LogP contribution >= 0.6 is 0 Å². The van der Waals surface area contributed by atoms with Crippen molar-refractivity contribution in [3.05, 3.63) is 29.3 Å². The van der Waals surface area contributed by atoms with Crippen molar-refractivity contribution in [3.8, 4) is 5.75 Å². The molecule has 0 aromatic heterocycles. The van der Waals surface area contributed by atoms with Gasteiger partial charge >= 0.3 is 0 Å². The van der Waals surface area contributed by atoms with Crippen molar-refractivity contribution in [2.45, 2.75) is 52.0 Å². The molecule has 2 rings (SSSR count). The van der Waals surface area contributed by atoms with Gasteiger partial charge in [-0.05, 0) is 43.7 Å². The Kier molecular flexibility index (Phi) is 6.25. The van der Waals surface area contributed by atoms with Gasteiger partial charge in [0.15, 0.2) is 6.61 Å². The SMILES string of the molecule is Cc1cccc(C)c1OCC(=O)NC(CN)C1CCCCC1. The molecule has 1 atom stereocenters. The highest BCUT2D eigenvalue weighted by Crippen LogP contribution is 2.26. The van der Waals surface area contributed by atoms with Gasteiger partial charge in [-0.1, -0.05) is 37.5 Å². The summed E-state index contributed by atoms with van der Waals surface area (Å²) in [4.78, 5) is 12.2. The highest BCUT2D eigenvalue weighted by atomic mass is 16.5. The summed E-state index contributed by atoms with van der Waals surface area (Å²) in [5, 5.41) is 3.06. The molecule has 1 fully saturated rings. The van der Waals surface area contributed by atoms with E-state index in [4.69, 9.17) is 10.5 Å². The average molecular weight is 304 g/mol. The molecule has 122 valence electrons. The number of benzene rings is 1. The molecule has 1 unspecified atom stereocenters. The lowest BCUT2D eigenvalue weighted by atomic mass is 9.84. The summed E-state index contributed by atoms with van der Waals surface area (Å²) in [7, 11) is 0. The first-order valence-electron chi connectivity index (χ1n) is 8.30. The highest BCUT2D eigenvalue weighted by Gasteiger charge is 2.24. The van der Waals surface area contributed by atoms with E-state index in [1.54, 1.807) is 0 Å². The lowest BCUT2D eigenvalue weighted by molar-refractivity contribution is -0.124. The van der Waals surface area contributed by atoms with Crippen molar-refractivity contribution < 1.29 is 9.53 Å². The monoisotopic (exact) mass is 304 g/mol. The zero-order valence-electron chi connectivity index (χ0n) is 13.7. The molecule has 0 aliphatic heterocycles. The molecule has 1 aromatic rings. The van der Waals surface area contributed by atoms with Crippen LogP contribution in [0, 0.1) is 19.8 Å². The van der Waals surface area contributed by atoms with Gasteiger partial charge in [0, 0.05) is 12.6 Å². The van der Waals surface area contributed by atoms with E-state index < -0.39 is 0 Å². The molecular weight excluding hydrogens is 276 g/mol. The van der Waals surface area contributed by atoms with Crippen LogP contribution in [-0.4, -0.2) is 25.1 Å². The van der Waals surface area contributed by atoms with Gasteiger partial charge in [-0.2, -0.15) is 0 Å². The van der Waals surface area contributed by atoms with Crippen LogP contribution in [0.2, 0.25) is 0 Å². The maximum atomic E-state index is 12.2. The molecule has 1 aromatic carbocycles. The molecule has 0 heterocycles. The van der Waals surface area contributed by atoms with Crippen molar-refractivity contribution in [2.24, 2.45) is 11.7 Å².